The predicted molar refractivity (Wildman–Crippen MR) is 83.8 cm³/mol. The number of amides is 2. The van der Waals surface area contributed by atoms with E-state index in [2.05, 4.69) is 10.4 Å². The van der Waals surface area contributed by atoms with E-state index in [-0.39, 0.29) is 6.54 Å². The fourth-order valence-corrected chi connectivity index (χ4v) is 2.19. The minimum atomic E-state index is -4.42. The largest absolute Gasteiger partial charge is 0.406 e. The fraction of sp³-hybridized carbons (Fsp3) is 0.375. The topological polar surface area (TPSA) is 50.2 Å². The van der Waals surface area contributed by atoms with E-state index in [1.807, 2.05) is 30.3 Å². The van der Waals surface area contributed by atoms with Gasteiger partial charge in [-0.1, -0.05) is 18.2 Å². The Bertz CT molecular complexity index is 669. The monoisotopic (exact) mass is 340 g/mol. The predicted octanol–water partition coefficient (Wildman–Crippen LogP) is 3.53. The van der Waals surface area contributed by atoms with Crippen LogP contribution in [-0.2, 0) is 0 Å². The summed E-state index contributed by atoms with van der Waals surface area (Å²) in [6.45, 7) is 1.90. The van der Waals surface area contributed by atoms with Crippen LogP contribution in [0.5, 0.6) is 0 Å². The molecule has 0 saturated carbocycles. The molecule has 24 heavy (non-hydrogen) atoms. The Labute approximate surface area is 138 Å². The van der Waals surface area contributed by atoms with E-state index in [9.17, 15) is 18.0 Å². The normalized spacial score (nSPS) is 12.7. The number of alkyl halides is 3. The molecule has 0 aliphatic heterocycles. The molecule has 5 nitrogen and oxygen atoms in total. The molecule has 2 aromatic rings. The molecular weight excluding hydrogens is 321 g/mol. The van der Waals surface area contributed by atoms with Gasteiger partial charge in [-0.05, 0) is 26.0 Å². The first-order chi connectivity index (χ1) is 11.3. The smallest absolute Gasteiger partial charge is 0.331 e. The van der Waals surface area contributed by atoms with Gasteiger partial charge in [0.1, 0.15) is 6.54 Å². The number of aromatic nitrogens is 2. The van der Waals surface area contributed by atoms with Crippen LogP contribution in [0.25, 0.3) is 5.69 Å². The maximum atomic E-state index is 12.5. The van der Waals surface area contributed by atoms with Crippen LogP contribution in [-0.4, -0.2) is 40.0 Å². The number of benzene rings is 1. The maximum absolute atomic E-state index is 12.5. The van der Waals surface area contributed by atoms with Gasteiger partial charge in [0, 0.05) is 18.3 Å². The second kappa shape index (κ2) is 7.37. The van der Waals surface area contributed by atoms with Crippen molar-refractivity contribution in [2.45, 2.75) is 26.1 Å². The minimum absolute atomic E-state index is 0.0264. The SMILES string of the molecule is CCN(CC(F)(F)F)C(=O)N[C@H](C)c1cnn(-c2ccccc2)c1. The molecular formula is C16H19F3N4O. The summed E-state index contributed by atoms with van der Waals surface area (Å²) in [4.78, 5) is 12.7. The Hall–Kier alpha value is -2.51. The standard InChI is InChI=1S/C16H19F3N4O/c1-3-22(11-16(17,18)19)15(24)21-12(2)13-9-20-23(10-13)14-7-5-4-6-8-14/h4-10,12H,3,11H2,1-2H3,(H,21,24)/t12-/m1/s1. The molecule has 1 aromatic carbocycles. The zero-order valence-electron chi connectivity index (χ0n) is 13.4. The van der Waals surface area contributed by atoms with E-state index >= 15 is 0 Å². The van der Waals surface area contributed by atoms with Gasteiger partial charge in [0.25, 0.3) is 0 Å². The van der Waals surface area contributed by atoms with Crippen molar-refractivity contribution >= 4 is 6.03 Å². The second-order valence-corrected chi connectivity index (χ2v) is 5.35. The molecule has 1 aromatic heterocycles. The molecule has 0 fully saturated rings. The number of hydrogen-bond acceptors (Lipinski definition) is 2. The number of halogens is 3. The van der Waals surface area contributed by atoms with Gasteiger partial charge in [-0.25, -0.2) is 9.48 Å². The Morgan fingerprint density at radius 2 is 2.00 bits per heavy atom. The first-order valence-corrected chi connectivity index (χ1v) is 7.52. The highest BCUT2D eigenvalue weighted by molar-refractivity contribution is 5.74. The first kappa shape index (κ1) is 17.8. The van der Waals surface area contributed by atoms with E-state index in [4.69, 9.17) is 0 Å². The molecule has 1 heterocycles. The lowest BCUT2D eigenvalue weighted by Gasteiger charge is -2.24. The molecule has 0 bridgehead atoms. The van der Waals surface area contributed by atoms with Gasteiger partial charge >= 0.3 is 12.2 Å². The van der Waals surface area contributed by atoms with Gasteiger partial charge in [-0.2, -0.15) is 18.3 Å². The molecule has 0 saturated heterocycles. The summed E-state index contributed by atoms with van der Waals surface area (Å²) in [5.41, 5.74) is 1.56. The van der Waals surface area contributed by atoms with E-state index in [1.54, 1.807) is 24.0 Å². The molecule has 8 heteroatoms. The summed E-state index contributed by atoms with van der Waals surface area (Å²) in [7, 11) is 0. The summed E-state index contributed by atoms with van der Waals surface area (Å²) in [6.07, 6.45) is -1.10. The van der Waals surface area contributed by atoms with Crippen molar-refractivity contribution < 1.29 is 18.0 Å². The van der Waals surface area contributed by atoms with Crippen molar-refractivity contribution in [2.24, 2.45) is 0 Å². The van der Waals surface area contributed by atoms with Crippen molar-refractivity contribution in [1.82, 2.24) is 20.0 Å². The number of urea groups is 1. The lowest BCUT2D eigenvalue weighted by atomic mass is 10.2. The minimum Gasteiger partial charge on any atom is -0.331 e. The zero-order valence-corrected chi connectivity index (χ0v) is 13.4. The summed E-state index contributed by atoms with van der Waals surface area (Å²) < 4.78 is 39.1. The van der Waals surface area contributed by atoms with Crippen LogP contribution in [0.1, 0.15) is 25.5 Å². The Balaban J connectivity index is 2.03. The summed E-state index contributed by atoms with van der Waals surface area (Å²) in [6, 6.07) is 8.17. The highest BCUT2D eigenvalue weighted by atomic mass is 19.4. The van der Waals surface area contributed by atoms with Crippen molar-refractivity contribution in [3.05, 3.63) is 48.3 Å². The fourth-order valence-electron chi connectivity index (χ4n) is 2.19. The van der Waals surface area contributed by atoms with Crippen LogP contribution < -0.4 is 5.32 Å². The molecule has 1 atom stereocenters. The van der Waals surface area contributed by atoms with Crippen LogP contribution in [0.15, 0.2) is 42.7 Å². The van der Waals surface area contributed by atoms with Gasteiger partial charge in [-0.15, -0.1) is 0 Å². The summed E-state index contributed by atoms with van der Waals surface area (Å²) in [5, 5.41) is 6.78. The van der Waals surface area contributed by atoms with Gasteiger partial charge in [-0.3, -0.25) is 0 Å². The number of hydrogen-bond donors (Lipinski definition) is 1. The lowest BCUT2D eigenvalue weighted by Crippen LogP contribution is -2.45. The maximum Gasteiger partial charge on any atom is 0.406 e. The second-order valence-electron chi connectivity index (χ2n) is 5.35. The van der Waals surface area contributed by atoms with Crippen LogP contribution in [0.4, 0.5) is 18.0 Å². The Kier molecular flexibility index (Phi) is 5.48. The van der Waals surface area contributed by atoms with Crippen molar-refractivity contribution in [2.75, 3.05) is 13.1 Å². The van der Waals surface area contributed by atoms with Crippen molar-refractivity contribution in [3.63, 3.8) is 0 Å². The van der Waals surface area contributed by atoms with Gasteiger partial charge in [0.2, 0.25) is 0 Å². The van der Waals surface area contributed by atoms with Crippen LogP contribution in [0, 0.1) is 0 Å². The highest BCUT2D eigenvalue weighted by Gasteiger charge is 2.32. The molecule has 2 amide bonds. The summed E-state index contributed by atoms with van der Waals surface area (Å²) in [5.74, 6) is 0. The van der Waals surface area contributed by atoms with E-state index in [1.165, 1.54) is 6.92 Å². The number of nitrogens with zero attached hydrogens (tertiary/aromatic N) is 3. The van der Waals surface area contributed by atoms with Crippen molar-refractivity contribution in [3.8, 4) is 5.69 Å². The van der Waals surface area contributed by atoms with E-state index in [0.29, 0.717) is 5.56 Å². The molecule has 2 rings (SSSR count). The van der Waals surface area contributed by atoms with Crippen LogP contribution >= 0.6 is 0 Å². The molecule has 0 radical (unpaired) electrons. The lowest BCUT2D eigenvalue weighted by molar-refractivity contribution is -0.139. The molecule has 0 aliphatic carbocycles. The van der Waals surface area contributed by atoms with Crippen LogP contribution in [0.3, 0.4) is 0 Å². The number of carbonyl (C=O) groups excluding carboxylic acids is 1. The van der Waals surface area contributed by atoms with Gasteiger partial charge in [0.15, 0.2) is 0 Å². The van der Waals surface area contributed by atoms with Crippen molar-refractivity contribution in [1.29, 1.82) is 0 Å². The third-order valence-corrected chi connectivity index (χ3v) is 3.50. The average Bonchev–Trinajstić information content (AvgIpc) is 3.02. The van der Waals surface area contributed by atoms with E-state index < -0.39 is 24.8 Å². The molecule has 130 valence electrons. The molecule has 0 spiro atoms. The van der Waals surface area contributed by atoms with Gasteiger partial charge < -0.3 is 10.2 Å². The molecule has 1 N–H and O–H groups in total. The molecule has 0 unspecified atom stereocenters. The highest BCUT2D eigenvalue weighted by Crippen LogP contribution is 2.18. The number of carbonyl (C=O) groups is 1. The third kappa shape index (κ3) is 4.74. The Morgan fingerprint density at radius 3 is 2.58 bits per heavy atom. The summed E-state index contributed by atoms with van der Waals surface area (Å²) >= 11 is 0. The average molecular weight is 340 g/mol. The first-order valence-electron chi connectivity index (χ1n) is 7.52. The van der Waals surface area contributed by atoms with Crippen LogP contribution in [0.2, 0.25) is 0 Å². The number of rotatable bonds is 5. The Morgan fingerprint density at radius 1 is 1.33 bits per heavy atom. The third-order valence-electron chi connectivity index (χ3n) is 3.50. The molecule has 0 aliphatic rings. The number of para-hydroxylation sites is 1. The quantitative estimate of drug-likeness (QED) is 0.905. The van der Waals surface area contributed by atoms with E-state index in [0.717, 1.165) is 10.6 Å². The van der Waals surface area contributed by atoms with Gasteiger partial charge in [0.05, 0.1) is 17.9 Å². The number of nitrogens with one attached hydrogen (secondary N) is 1. The zero-order chi connectivity index (χ0) is 17.7.